The van der Waals surface area contributed by atoms with Crippen molar-refractivity contribution in [2.24, 2.45) is 13.0 Å². The van der Waals surface area contributed by atoms with Crippen molar-refractivity contribution in [2.75, 3.05) is 19.8 Å². The molecule has 0 amide bonds. The molecule has 1 saturated heterocycles. The van der Waals surface area contributed by atoms with E-state index < -0.39 is 0 Å². The molecule has 6 nitrogen and oxygen atoms in total. The Bertz CT molecular complexity index is 294. The van der Waals surface area contributed by atoms with Crippen LogP contribution >= 0.6 is 0 Å². The Kier molecular flexibility index (Phi) is 3.63. The minimum absolute atomic E-state index is 0.700. The average Bonchev–Trinajstić information content (AvgIpc) is 2.66. The maximum absolute atomic E-state index is 5.30. The van der Waals surface area contributed by atoms with E-state index in [1.807, 2.05) is 0 Å². The largest absolute Gasteiger partial charge is 0.381 e. The molecule has 0 atom stereocenters. The first-order valence-electron chi connectivity index (χ1n) is 5.36. The summed E-state index contributed by atoms with van der Waals surface area (Å²) in [5.41, 5.74) is 0. The lowest BCUT2D eigenvalue weighted by Gasteiger charge is -2.21. The zero-order valence-electron chi connectivity index (χ0n) is 9.02. The van der Waals surface area contributed by atoms with E-state index in [1.165, 1.54) is 4.80 Å². The molecule has 0 aromatic carbocycles. The Labute approximate surface area is 89.0 Å². The highest BCUT2D eigenvalue weighted by Gasteiger charge is 2.13. The summed E-state index contributed by atoms with van der Waals surface area (Å²) >= 11 is 0. The summed E-state index contributed by atoms with van der Waals surface area (Å²) in [6.45, 7) is 3.51. The molecule has 1 aliphatic rings. The average molecular weight is 211 g/mol. The minimum atomic E-state index is 0.700. The molecule has 0 radical (unpaired) electrons. The third-order valence-electron chi connectivity index (χ3n) is 2.61. The van der Waals surface area contributed by atoms with Crippen LogP contribution in [-0.4, -0.2) is 40.0 Å². The molecule has 0 spiro atoms. The van der Waals surface area contributed by atoms with Gasteiger partial charge in [0.05, 0.1) is 13.6 Å². The highest BCUT2D eigenvalue weighted by atomic mass is 16.5. The predicted molar refractivity (Wildman–Crippen MR) is 54.0 cm³/mol. The molecule has 1 fully saturated rings. The summed E-state index contributed by atoms with van der Waals surface area (Å²) in [4.78, 5) is 1.48. The van der Waals surface area contributed by atoms with Gasteiger partial charge < -0.3 is 10.1 Å². The first kappa shape index (κ1) is 10.5. The Morgan fingerprint density at radius 2 is 2.27 bits per heavy atom. The van der Waals surface area contributed by atoms with Gasteiger partial charge in [0.15, 0.2) is 5.82 Å². The van der Waals surface area contributed by atoms with Crippen LogP contribution in [0.25, 0.3) is 0 Å². The Hall–Kier alpha value is -1.01. The number of hydrogen-bond acceptors (Lipinski definition) is 5. The Morgan fingerprint density at radius 1 is 1.47 bits per heavy atom. The van der Waals surface area contributed by atoms with E-state index in [0.717, 1.165) is 44.3 Å². The second-order valence-corrected chi connectivity index (χ2v) is 3.88. The van der Waals surface area contributed by atoms with Crippen LogP contribution in [0.3, 0.4) is 0 Å². The van der Waals surface area contributed by atoms with Crippen molar-refractivity contribution in [2.45, 2.75) is 19.4 Å². The van der Waals surface area contributed by atoms with Crippen LogP contribution in [0.15, 0.2) is 0 Å². The standard InChI is InChI=1S/C9H17N5O/c1-14-12-9(11-13-14)7-10-6-8-2-4-15-5-3-8/h8,10H,2-7H2,1H3. The second-order valence-electron chi connectivity index (χ2n) is 3.88. The van der Waals surface area contributed by atoms with Crippen molar-refractivity contribution in [3.8, 4) is 0 Å². The van der Waals surface area contributed by atoms with Crippen LogP contribution in [-0.2, 0) is 18.3 Å². The monoisotopic (exact) mass is 211 g/mol. The molecule has 84 valence electrons. The molecule has 6 heteroatoms. The normalized spacial score (nSPS) is 18.2. The Morgan fingerprint density at radius 3 is 2.93 bits per heavy atom. The summed E-state index contributed by atoms with van der Waals surface area (Å²) in [5.74, 6) is 1.49. The fourth-order valence-corrected chi connectivity index (χ4v) is 1.73. The molecule has 1 N–H and O–H groups in total. The van der Waals surface area contributed by atoms with Gasteiger partial charge in [-0.2, -0.15) is 4.80 Å². The first-order chi connectivity index (χ1) is 7.34. The maximum Gasteiger partial charge on any atom is 0.188 e. The number of aryl methyl sites for hydroxylation is 1. The molecule has 0 unspecified atom stereocenters. The van der Waals surface area contributed by atoms with Crippen LogP contribution in [0.5, 0.6) is 0 Å². The molecule has 1 aromatic heterocycles. The second kappa shape index (κ2) is 5.18. The molecule has 15 heavy (non-hydrogen) atoms. The van der Waals surface area contributed by atoms with Crippen molar-refractivity contribution in [1.82, 2.24) is 25.5 Å². The van der Waals surface area contributed by atoms with E-state index in [-0.39, 0.29) is 0 Å². The predicted octanol–water partition coefficient (Wildman–Crippen LogP) is -0.274. The third kappa shape index (κ3) is 3.24. The topological polar surface area (TPSA) is 64.9 Å². The minimum Gasteiger partial charge on any atom is -0.381 e. The molecule has 1 aliphatic heterocycles. The fraction of sp³-hybridized carbons (Fsp3) is 0.889. The van der Waals surface area contributed by atoms with Crippen molar-refractivity contribution >= 4 is 0 Å². The SMILES string of the molecule is Cn1nnc(CNCC2CCOCC2)n1. The molecule has 2 heterocycles. The zero-order valence-corrected chi connectivity index (χ0v) is 9.02. The van der Waals surface area contributed by atoms with E-state index in [0.29, 0.717) is 6.54 Å². The van der Waals surface area contributed by atoms with Gasteiger partial charge in [0.2, 0.25) is 0 Å². The van der Waals surface area contributed by atoms with Crippen molar-refractivity contribution < 1.29 is 4.74 Å². The van der Waals surface area contributed by atoms with Crippen LogP contribution in [0, 0.1) is 5.92 Å². The van der Waals surface area contributed by atoms with Gasteiger partial charge in [-0.1, -0.05) is 0 Å². The maximum atomic E-state index is 5.30. The number of nitrogens with zero attached hydrogens (tertiary/aromatic N) is 4. The number of rotatable bonds is 4. The van der Waals surface area contributed by atoms with Crippen molar-refractivity contribution in [1.29, 1.82) is 0 Å². The lowest BCUT2D eigenvalue weighted by Crippen LogP contribution is -2.27. The fourth-order valence-electron chi connectivity index (χ4n) is 1.73. The smallest absolute Gasteiger partial charge is 0.188 e. The summed E-state index contributed by atoms with van der Waals surface area (Å²) in [6.07, 6.45) is 2.31. The summed E-state index contributed by atoms with van der Waals surface area (Å²) in [5, 5.41) is 15.1. The van der Waals surface area contributed by atoms with Crippen LogP contribution < -0.4 is 5.32 Å². The van der Waals surface area contributed by atoms with Crippen molar-refractivity contribution in [3.05, 3.63) is 5.82 Å². The van der Waals surface area contributed by atoms with Crippen LogP contribution in [0.2, 0.25) is 0 Å². The lowest BCUT2D eigenvalue weighted by molar-refractivity contribution is 0.0662. The van der Waals surface area contributed by atoms with Crippen LogP contribution in [0.1, 0.15) is 18.7 Å². The molecule has 0 bridgehead atoms. The van der Waals surface area contributed by atoms with Gasteiger partial charge in [-0.05, 0) is 30.5 Å². The van der Waals surface area contributed by atoms with Gasteiger partial charge in [-0.15, -0.1) is 10.2 Å². The lowest BCUT2D eigenvalue weighted by atomic mass is 10.0. The number of hydrogen-bond donors (Lipinski definition) is 1. The number of tetrazole rings is 1. The van der Waals surface area contributed by atoms with Gasteiger partial charge in [-0.3, -0.25) is 0 Å². The Balaban J connectivity index is 1.65. The summed E-state index contributed by atoms with van der Waals surface area (Å²) in [7, 11) is 1.77. The van der Waals surface area contributed by atoms with Gasteiger partial charge in [0.25, 0.3) is 0 Å². The molecule has 0 saturated carbocycles. The van der Waals surface area contributed by atoms with Crippen LogP contribution in [0.4, 0.5) is 0 Å². The van der Waals surface area contributed by atoms with Gasteiger partial charge >= 0.3 is 0 Å². The van der Waals surface area contributed by atoms with Gasteiger partial charge in [-0.25, -0.2) is 0 Å². The van der Waals surface area contributed by atoms with Gasteiger partial charge in [0, 0.05) is 13.2 Å². The van der Waals surface area contributed by atoms with E-state index >= 15 is 0 Å². The van der Waals surface area contributed by atoms with E-state index in [2.05, 4.69) is 20.7 Å². The molecule has 1 aromatic rings. The first-order valence-corrected chi connectivity index (χ1v) is 5.36. The summed E-state index contributed by atoms with van der Waals surface area (Å²) < 4.78 is 5.30. The summed E-state index contributed by atoms with van der Waals surface area (Å²) in [6, 6.07) is 0. The van der Waals surface area contributed by atoms with E-state index in [9.17, 15) is 0 Å². The molecule has 0 aliphatic carbocycles. The highest BCUT2D eigenvalue weighted by molar-refractivity contribution is 4.76. The van der Waals surface area contributed by atoms with Crippen molar-refractivity contribution in [3.63, 3.8) is 0 Å². The zero-order chi connectivity index (χ0) is 10.5. The molecular formula is C9H17N5O. The van der Waals surface area contributed by atoms with Gasteiger partial charge in [0.1, 0.15) is 0 Å². The number of aromatic nitrogens is 4. The number of ether oxygens (including phenoxy) is 1. The quantitative estimate of drug-likeness (QED) is 0.742. The molecular weight excluding hydrogens is 194 g/mol. The van der Waals surface area contributed by atoms with E-state index in [1.54, 1.807) is 7.05 Å². The third-order valence-corrected chi connectivity index (χ3v) is 2.61. The van der Waals surface area contributed by atoms with E-state index in [4.69, 9.17) is 4.74 Å². The molecule has 2 rings (SSSR count). The number of nitrogens with one attached hydrogen (secondary N) is 1. The highest BCUT2D eigenvalue weighted by Crippen LogP contribution is 2.13.